The number of anilines is 1. The van der Waals surface area contributed by atoms with E-state index in [1.165, 1.54) is 36.2 Å². The van der Waals surface area contributed by atoms with Crippen LogP contribution in [0.2, 0.25) is 0 Å². The molecule has 0 bridgehead atoms. The Kier molecular flexibility index (Phi) is 6.21. The minimum Gasteiger partial charge on any atom is -0.347 e. The lowest BCUT2D eigenvalue weighted by molar-refractivity contribution is 0.641. The van der Waals surface area contributed by atoms with Crippen LogP contribution in [0.5, 0.6) is 0 Å². The molecule has 0 spiro atoms. The van der Waals surface area contributed by atoms with E-state index < -0.39 is 0 Å². The molecule has 0 aliphatic carbocycles. The van der Waals surface area contributed by atoms with Crippen LogP contribution >= 0.6 is 17.0 Å². The van der Waals surface area contributed by atoms with E-state index in [4.69, 9.17) is 0 Å². The van der Waals surface area contributed by atoms with Crippen molar-refractivity contribution in [1.82, 2.24) is 5.43 Å². The zero-order valence-corrected chi connectivity index (χ0v) is 16.5. The van der Waals surface area contributed by atoms with Gasteiger partial charge in [-0.2, -0.15) is 5.10 Å². The quantitative estimate of drug-likeness (QED) is 0.599. The molecule has 24 heavy (non-hydrogen) atoms. The molecule has 1 aromatic carbocycles. The van der Waals surface area contributed by atoms with E-state index in [0.717, 1.165) is 18.8 Å². The highest BCUT2D eigenvalue weighted by atomic mass is 79.9. The van der Waals surface area contributed by atoms with Gasteiger partial charge < -0.3 is 4.90 Å². The van der Waals surface area contributed by atoms with Crippen LogP contribution in [0.3, 0.4) is 0 Å². The van der Waals surface area contributed by atoms with Crippen LogP contribution < -0.4 is 10.3 Å². The van der Waals surface area contributed by atoms with Crippen LogP contribution in [-0.4, -0.2) is 25.6 Å². The maximum Gasteiger partial charge on any atom is 0.117 e. The van der Waals surface area contributed by atoms with Crippen molar-refractivity contribution in [1.29, 1.82) is 0 Å². The Hall–Kier alpha value is -1.62. The first-order valence-corrected chi connectivity index (χ1v) is 8.47. The molecule has 130 valence electrons. The van der Waals surface area contributed by atoms with Crippen molar-refractivity contribution in [2.75, 3.05) is 18.5 Å². The van der Waals surface area contributed by atoms with Crippen LogP contribution in [0.15, 0.2) is 46.1 Å². The number of aliphatic imine (C=N–C) groups is 1. The summed E-state index contributed by atoms with van der Waals surface area (Å²) >= 11 is 0. The van der Waals surface area contributed by atoms with E-state index in [0.29, 0.717) is 0 Å². The number of likely N-dealkylation sites (N-methyl/N-ethyl adjacent to an activating group) is 1. The molecule has 0 saturated heterocycles. The number of hydrazone groups is 1. The predicted molar refractivity (Wildman–Crippen MR) is 109 cm³/mol. The molecule has 3 rings (SSSR count). The first kappa shape index (κ1) is 18.7. The number of amidine groups is 1. The van der Waals surface area contributed by atoms with E-state index in [-0.39, 0.29) is 22.4 Å². The molecule has 2 heterocycles. The Morgan fingerprint density at radius 2 is 2.00 bits per heavy atom. The second-order valence-electron chi connectivity index (χ2n) is 6.78. The van der Waals surface area contributed by atoms with Crippen molar-refractivity contribution in [3.63, 3.8) is 0 Å². The molecule has 0 fully saturated rings. The molecule has 0 radical (unpaired) electrons. The van der Waals surface area contributed by atoms with Gasteiger partial charge >= 0.3 is 0 Å². The third-order valence-electron chi connectivity index (χ3n) is 4.82. The van der Waals surface area contributed by atoms with Crippen LogP contribution in [0.1, 0.15) is 45.1 Å². The first-order valence-electron chi connectivity index (χ1n) is 8.47. The average molecular weight is 391 g/mol. The first-order chi connectivity index (χ1) is 11.1. The molecule has 1 N–H and O–H groups in total. The summed E-state index contributed by atoms with van der Waals surface area (Å²) < 4.78 is 0. The zero-order valence-electron chi connectivity index (χ0n) is 14.7. The largest absolute Gasteiger partial charge is 0.347 e. The SMILES string of the molecule is Br.CN1/C(=C\C=N\NC2=NCCCCC2)C(C)(C)c2ccccc21. The van der Waals surface area contributed by atoms with Crippen molar-refractivity contribution in [3.8, 4) is 0 Å². The van der Waals surface area contributed by atoms with Crippen LogP contribution in [-0.2, 0) is 5.41 Å². The number of rotatable bonds is 2. The van der Waals surface area contributed by atoms with Gasteiger partial charge in [0.05, 0.1) is 0 Å². The third-order valence-corrected chi connectivity index (χ3v) is 4.82. The number of fused-ring (bicyclic) bond motifs is 1. The number of para-hydroxylation sites is 1. The Labute approximate surface area is 155 Å². The summed E-state index contributed by atoms with van der Waals surface area (Å²) in [5.74, 6) is 1.01. The molecule has 4 nitrogen and oxygen atoms in total. The van der Waals surface area contributed by atoms with E-state index in [9.17, 15) is 0 Å². The van der Waals surface area contributed by atoms with Crippen molar-refractivity contribution in [2.45, 2.75) is 44.9 Å². The molecule has 2 aliphatic rings. The zero-order chi connectivity index (χ0) is 16.3. The normalized spacial score (nSPS) is 21.2. The molecule has 0 unspecified atom stereocenters. The van der Waals surface area contributed by atoms with Gasteiger partial charge in [0, 0.05) is 43.0 Å². The molecule has 0 atom stereocenters. The summed E-state index contributed by atoms with van der Waals surface area (Å²) in [6.45, 7) is 5.44. The van der Waals surface area contributed by atoms with Crippen LogP contribution in [0, 0.1) is 0 Å². The number of halogens is 1. The van der Waals surface area contributed by atoms with Gasteiger partial charge in [-0.3, -0.25) is 10.4 Å². The summed E-state index contributed by atoms with van der Waals surface area (Å²) in [7, 11) is 2.12. The molecule has 0 saturated carbocycles. The number of nitrogens with one attached hydrogen (secondary N) is 1. The fraction of sp³-hybridized carbons (Fsp3) is 0.474. The highest BCUT2D eigenvalue weighted by Crippen LogP contribution is 2.46. The van der Waals surface area contributed by atoms with Crippen molar-refractivity contribution < 1.29 is 0 Å². The molecule has 0 amide bonds. The molecule has 0 aromatic heterocycles. The van der Waals surface area contributed by atoms with Crippen molar-refractivity contribution in [2.24, 2.45) is 10.1 Å². The average Bonchev–Trinajstić information content (AvgIpc) is 2.74. The molecule has 5 heteroatoms. The van der Waals surface area contributed by atoms with Crippen LogP contribution in [0.25, 0.3) is 0 Å². The second kappa shape index (κ2) is 7.97. The topological polar surface area (TPSA) is 40.0 Å². The van der Waals surface area contributed by atoms with Gasteiger partial charge in [-0.1, -0.05) is 38.5 Å². The van der Waals surface area contributed by atoms with Gasteiger partial charge in [-0.05, 0) is 30.5 Å². The maximum absolute atomic E-state index is 4.53. The fourth-order valence-electron chi connectivity index (χ4n) is 3.49. The Balaban J connectivity index is 0.00000208. The molecular formula is C19H27BrN4. The van der Waals surface area contributed by atoms with Gasteiger partial charge in [0.1, 0.15) is 5.84 Å². The Bertz CT molecular complexity index is 661. The lowest BCUT2D eigenvalue weighted by Gasteiger charge is -2.23. The van der Waals surface area contributed by atoms with Gasteiger partial charge in [0.2, 0.25) is 0 Å². The smallest absolute Gasteiger partial charge is 0.117 e. The van der Waals surface area contributed by atoms with Crippen molar-refractivity contribution in [3.05, 3.63) is 41.6 Å². The molecule has 2 aliphatic heterocycles. The fourth-order valence-corrected chi connectivity index (χ4v) is 3.49. The number of hydrogen-bond donors (Lipinski definition) is 1. The highest BCUT2D eigenvalue weighted by Gasteiger charge is 2.37. The summed E-state index contributed by atoms with van der Waals surface area (Å²) in [6, 6.07) is 8.58. The highest BCUT2D eigenvalue weighted by molar-refractivity contribution is 8.93. The molecule has 1 aromatic rings. The van der Waals surface area contributed by atoms with E-state index in [2.05, 4.69) is 71.7 Å². The van der Waals surface area contributed by atoms with E-state index in [1.807, 2.05) is 6.21 Å². The number of nitrogens with zero attached hydrogens (tertiary/aromatic N) is 3. The second-order valence-corrected chi connectivity index (χ2v) is 6.78. The Morgan fingerprint density at radius 1 is 1.21 bits per heavy atom. The monoisotopic (exact) mass is 390 g/mol. The summed E-state index contributed by atoms with van der Waals surface area (Å²) in [5, 5.41) is 4.35. The number of allylic oxidation sites excluding steroid dienone is 2. The van der Waals surface area contributed by atoms with Crippen LogP contribution in [0.4, 0.5) is 5.69 Å². The van der Waals surface area contributed by atoms with Gasteiger partial charge in [-0.25, -0.2) is 0 Å². The van der Waals surface area contributed by atoms with Gasteiger partial charge in [-0.15, -0.1) is 17.0 Å². The summed E-state index contributed by atoms with van der Waals surface area (Å²) in [5.41, 5.74) is 7.00. The lowest BCUT2D eigenvalue weighted by Crippen LogP contribution is -2.23. The maximum atomic E-state index is 4.53. The lowest BCUT2D eigenvalue weighted by atomic mass is 9.84. The standard InChI is InChI=1S/C19H26N4.BrH/c1-19(2)15-9-6-7-10-16(15)23(3)17(19)12-14-21-22-18-11-5-4-8-13-20-18;/h6-7,9-10,12,14H,4-5,8,11,13H2,1-3H3,(H,20,22);1H/b17-12-,21-14+;. The number of benzene rings is 1. The minimum atomic E-state index is -0.00278. The summed E-state index contributed by atoms with van der Waals surface area (Å²) in [4.78, 5) is 6.78. The van der Waals surface area contributed by atoms with Gasteiger partial charge in [0.15, 0.2) is 0 Å². The third kappa shape index (κ3) is 3.72. The van der Waals surface area contributed by atoms with E-state index in [1.54, 1.807) is 0 Å². The Morgan fingerprint density at radius 3 is 2.79 bits per heavy atom. The van der Waals surface area contributed by atoms with Gasteiger partial charge in [0.25, 0.3) is 0 Å². The van der Waals surface area contributed by atoms with Crippen molar-refractivity contribution >= 4 is 34.7 Å². The number of hydrogen-bond acceptors (Lipinski definition) is 4. The molecular weight excluding hydrogens is 364 g/mol. The predicted octanol–water partition coefficient (Wildman–Crippen LogP) is 4.42. The minimum absolute atomic E-state index is 0. The summed E-state index contributed by atoms with van der Waals surface area (Å²) in [6.07, 6.45) is 8.62. The van der Waals surface area contributed by atoms with E-state index >= 15 is 0 Å².